The van der Waals surface area contributed by atoms with Crippen molar-refractivity contribution in [3.05, 3.63) is 0 Å². The highest BCUT2D eigenvalue weighted by Gasteiger charge is 1.93. The summed E-state index contributed by atoms with van der Waals surface area (Å²) in [5, 5.41) is 0. The summed E-state index contributed by atoms with van der Waals surface area (Å²) < 4.78 is 0. The molecule has 2 aliphatic carbocycles. The van der Waals surface area contributed by atoms with E-state index in [1.54, 1.807) is 0 Å². The van der Waals surface area contributed by atoms with E-state index in [1.807, 2.05) is 0 Å². The highest BCUT2D eigenvalue weighted by molar-refractivity contribution is 5.45. The fourth-order valence-electron chi connectivity index (χ4n) is 1.31. The van der Waals surface area contributed by atoms with E-state index in [4.69, 9.17) is 0 Å². The lowest BCUT2D eigenvalue weighted by Gasteiger charge is -1.86. The van der Waals surface area contributed by atoms with E-state index in [2.05, 4.69) is 118 Å². The third kappa shape index (κ3) is 6.85. The maximum Gasteiger partial charge on any atom is 0.144 e. The molecule has 0 aromatic heterocycles. The van der Waals surface area contributed by atoms with Gasteiger partial charge in [-0.2, -0.15) is 0 Å². The third-order valence-corrected chi connectivity index (χ3v) is 2.32. The molecular weight excluding hydrogens is 288 g/mol. The summed E-state index contributed by atoms with van der Waals surface area (Å²) in [4.78, 5) is 0. The van der Waals surface area contributed by atoms with E-state index in [0.717, 1.165) is 0 Å². The van der Waals surface area contributed by atoms with Gasteiger partial charge in [-0.1, -0.05) is 59.2 Å². The lowest BCUT2D eigenvalue weighted by atomic mass is 10.1. The summed E-state index contributed by atoms with van der Waals surface area (Å²) in [5.74, 6) is 54.9. The van der Waals surface area contributed by atoms with Crippen LogP contribution in [0.25, 0.3) is 0 Å². The van der Waals surface area contributed by atoms with Crippen molar-refractivity contribution in [2.24, 2.45) is 11.8 Å². The topological polar surface area (TPSA) is 0 Å². The molecule has 0 amide bonds. The van der Waals surface area contributed by atoms with Gasteiger partial charge in [0.05, 0.1) is 12.8 Å². The zero-order chi connectivity index (χ0) is 16.7. The van der Waals surface area contributed by atoms with Crippen LogP contribution in [0.3, 0.4) is 0 Å². The SMILES string of the molecule is C1#CCC#CC#CC2C#CC#CCC#CC#CC(C#C1)C#CC#C2. The van der Waals surface area contributed by atoms with Gasteiger partial charge >= 0.3 is 0 Å². The maximum absolute atomic E-state index is 2.88. The molecule has 0 aromatic carbocycles. The standard InChI is InChI=1S/C24H6/c1-3-7-11-17-23-19-13-9-5-2-6-10-14-20-24(18-12-8-4-1)22-16-15-21-23/h23-24H,1-2H2. The molecule has 0 N–H and O–H groups in total. The van der Waals surface area contributed by atoms with E-state index in [1.165, 1.54) is 0 Å². The van der Waals surface area contributed by atoms with Gasteiger partial charge in [-0.25, -0.2) is 0 Å². The molecule has 0 aliphatic heterocycles. The van der Waals surface area contributed by atoms with Crippen molar-refractivity contribution in [2.45, 2.75) is 12.8 Å². The highest BCUT2D eigenvalue weighted by atomic mass is 13.9. The molecule has 0 spiro atoms. The predicted molar refractivity (Wildman–Crippen MR) is 94.0 cm³/mol. The van der Waals surface area contributed by atoms with Gasteiger partial charge in [0, 0.05) is 0 Å². The van der Waals surface area contributed by atoms with Crippen LogP contribution in [0.5, 0.6) is 0 Å². The van der Waals surface area contributed by atoms with Crippen LogP contribution < -0.4 is 0 Å². The molecule has 0 saturated heterocycles. The van der Waals surface area contributed by atoms with Crippen LogP contribution in [-0.4, -0.2) is 0 Å². The van der Waals surface area contributed by atoms with Gasteiger partial charge in [-0.15, -0.1) is 0 Å². The van der Waals surface area contributed by atoms with Crippen LogP contribution in [0.2, 0.25) is 0 Å². The van der Waals surface area contributed by atoms with Crippen molar-refractivity contribution in [1.82, 2.24) is 0 Å². The summed E-state index contributed by atoms with van der Waals surface area (Å²) in [6, 6.07) is 0. The Labute approximate surface area is 143 Å². The molecule has 0 unspecified atom stereocenters. The van der Waals surface area contributed by atoms with Crippen molar-refractivity contribution in [2.75, 3.05) is 0 Å². The molecule has 24 heavy (non-hydrogen) atoms. The first kappa shape index (κ1) is 16.0. The smallest absolute Gasteiger partial charge is 0.0760 e. The Balaban J connectivity index is 2.52. The summed E-state index contributed by atoms with van der Waals surface area (Å²) in [5.41, 5.74) is 0. The fourth-order valence-corrected chi connectivity index (χ4v) is 1.31. The van der Waals surface area contributed by atoms with Crippen molar-refractivity contribution >= 4 is 0 Å². The predicted octanol–water partition coefficient (Wildman–Crippen LogP) is 1.06. The highest BCUT2D eigenvalue weighted by Crippen LogP contribution is 1.91. The number of fused-ring (bicyclic) bond motifs is 3. The Bertz CT molecular complexity index is 980. The third-order valence-electron chi connectivity index (χ3n) is 2.32. The molecule has 0 fully saturated rings. The minimum Gasteiger partial charge on any atom is -0.0760 e. The zero-order valence-electron chi connectivity index (χ0n) is 12.6. The van der Waals surface area contributed by atoms with Gasteiger partial charge in [-0.05, 0) is 59.2 Å². The van der Waals surface area contributed by atoms with Gasteiger partial charge in [0.2, 0.25) is 0 Å². The Hall–Kier alpha value is -4.40. The average molecular weight is 294 g/mol. The molecule has 0 aromatic rings. The van der Waals surface area contributed by atoms with Gasteiger partial charge in [0.15, 0.2) is 0 Å². The summed E-state index contributed by atoms with van der Waals surface area (Å²) in [6.07, 6.45) is 0.786. The molecule has 102 valence electrons. The van der Waals surface area contributed by atoms with E-state index >= 15 is 0 Å². The largest absolute Gasteiger partial charge is 0.144 e. The number of hydrogen-bond donors (Lipinski definition) is 0. The number of rotatable bonds is 0. The second kappa shape index (κ2) is 10.3. The van der Waals surface area contributed by atoms with Crippen LogP contribution >= 0.6 is 0 Å². The molecule has 2 bridgehead atoms. The minimum absolute atomic E-state index is 0.393. The zero-order valence-corrected chi connectivity index (χ0v) is 12.6. The van der Waals surface area contributed by atoms with Crippen LogP contribution in [0.15, 0.2) is 0 Å². The summed E-state index contributed by atoms with van der Waals surface area (Å²) in [7, 11) is 0. The van der Waals surface area contributed by atoms with Crippen molar-refractivity contribution < 1.29 is 0 Å². The Morgan fingerprint density at radius 3 is 0.875 bits per heavy atom. The first-order valence-corrected chi connectivity index (χ1v) is 6.90. The van der Waals surface area contributed by atoms with Crippen LogP contribution in [0, 0.1) is 130 Å². The Kier molecular flexibility index (Phi) is 6.89. The van der Waals surface area contributed by atoms with Gasteiger partial charge < -0.3 is 0 Å². The van der Waals surface area contributed by atoms with Gasteiger partial charge in [0.25, 0.3) is 0 Å². The molecular formula is C24H6. The minimum atomic E-state index is -0.467. The molecule has 0 heterocycles. The molecule has 0 saturated carbocycles. The van der Waals surface area contributed by atoms with Crippen LogP contribution in [-0.2, 0) is 0 Å². The van der Waals surface area contributed by atoms with E-state index < -0.39 is 11.8 Å². The Morgan fingerprint density at radius 2 is 0.583 bits per heavy atom. The van der Waals surface area contributed by atoms with Crippen molar-refractivity contribution in [3.8, 4) is 118 Å². The lowest BCUT2D eigenvalue weighted by Crippen LogP contribution is -1.89. The van der Waals surface area contributed by atoms with Crippen molar-refractivity contribution in [1.29, 1.82) is 0 Å². The average Bonchev–Trinajstić information content (AvgIpc) is 2.60. The normalized spacial score (nSPS) is 17.7. The first-order chi connectivity index (χ1) is 11.9. The summed E-state index contributed by atoms with van der Waals surface area (Å²) in [6.45, 7) is 0. The fraction of sp³-hybridized carbons (Fsp3) is 0.167. The summed E-state index contributed by atoms with van der Waals surface area (Å²) >= 11 is 0. The van der Waals surface area contributed by atoms with Crippen LogP contribution in [0.1, 0.15) is 12.8 Å². The first-order valence-electron chi connectivity index (χ1n) is 6.90. The molecule has 2 rings (SSSR count). The van der Waals surface area contributed by atoms with E-state index in [9.17, 15) is 0 Å². The molecule has 0 heteroatoms. The number of hydrogen-bond acceptors (Lipinski definition) is 0. The van der Waals surface area contributed by atoms with Gasteiger partial charge in [-0.3, -0.25) is 0 Å². The Morgan fingerprint density at radius 1 is 0.333 bits per heavy atom. The maximum atomic E-state index is 2.88. The molecule has 0 nitrogen and oxygen atoms in total. The van der Waals surface area contributed by atoms with E-state index in [-0.39, 0.29) is 0 Å². The molecule has 2 aliphatic rings. The molecule has 0 radical (unpaired) electrons. The van der Waals surface area contributed by atoms with E-state index in [0.29, 0.717) is 12.8 Å². The molecule has 0 atom stereocenters. The second-order valence-electron chi connectivity index (χ2n) is 4.04. The monoisotopic (exact) mass is 294 g/mol. The van der Waals surface area contributed by atoms with Gasteiger partial charge in [0.1, 0.15) is 11.8 Å². The second-order valence-corrected chi connectivity index (χ2v) is 4.04. The quantitative estimate of drug-likeness (QED) is 0.586. The lowest BCUT2D eigenvalue weighted by molar-refractivity contribution is 1.23. The van der Waals surface area contributed by atoms with Crippen LogP contribution in [0.4, 0.5) is 0 Å². The van der Waals surface area contributed by atoms with Crippen molar-refractivity contribution in [3.63, 3.8) is 0 Å².